The zero-order chi connectivity index (χ0) is 18.9. The van der Waals surface area contributed by atoms with Crippen LogP contribution in [0.2, 0.25) is 0 Å². The Balaban J connectivity index is 1.76. The zero-order valence-electron chi connectivity index (χ0n) is 14.3. The lowest BCUT2D eigenvalue weighted by atomic mass is 10.1. The number of benzene rings is 3. The van der Waals surface area contributed by atoms with Crippen LogP contribution in [-0.4, -0.2) is 10.9 Å². The molecule has 0 spiro atoms. The predicted molar refractivity (Wildman–Crippen MR) is 99.6 cm³/mol. The highest BCUT2D eigenvalue weighted by molar-refractivity contribution is 5.87. The van der Waals surface area contributed by atoms with Crippen molar-refractivity contribution in [3.63, 3.8) is 0 Å². The Morgan fingerprint density at radius 3 is 2.15 bits per heavy atom. The average molecular weight is 367 g/mol. The van der Waals surface area contributed by atoms with Gasteiger partial charge in [-0.3, -0.25) is 0 Å². The number of ether oxygens (including phenoxy) is 1. The van der Waals surface area contributed by atoms with E-state index in [0.29, 0.717) is 6.54 Å². The molecule has 0 N–H and O–H groups in total. The van der Waals surface area contributed by atoms with Crippen LogP contribution in [0, 0.1) is 0 Å². The van der Waals surface area contributed by atoms with Gasteiger partial charge >= 0.3 is 6.36 Å². The largest absolute Gasteiger partial charge is 0.573 e. The van der Waals surface area contributed by atoms with Gasteiger partial charge in [0.05, 0.1) is 0 Å². The van der Waals surface area contributed by atoms with Crippen molar-refractivity contribution in [3.05, 3.63) is 90.5 Å². The molecular weight excluding hydrogens is 351 g/mol. The molecule has 0 saturated carbocycles. The first kappa shape index (κ1) is 17.2. The van der Waals surface area contributed by atoms with Crippen LogP contribution >= 0.6 is 0 Å². The van der Waals surface area contributed by atoms with E-state index in [-0.39, 0.29) is 5.75 Å². The molecule has 0 unspecified atom stereocenters. The zero-order valence-corrected chi connectivity index (χ0v) is 14.3. The van der Waals surface area contributed by atoms with Crippen LogP contribution in [0.15, 0.2) is 84.9 Å². The maximum atomic E-state index is 12.4. The molecule has 0 aliphatic carbocycles. The van der Waals surface area contributed by atoms with Gasteiger partial charge in [-0.15, -0.1) is 13.2 Å². The van der Waals surface area contributed by atoms with Crippen molar-refractivity contribution < 1.29 is 17.9 Å². The maximum Gasteiger partial charge on any atom is 0.573 e. The average Bonchev–Trinajstić information content (AvgIpc) is 3.01. The van der Waals surface area contributed by atoms with E-state index >= 15 is 0 Å². The Hall–Kier alpha value is -3.21. The summed E-state index contributed by atoms with van der Waals surface area (Å²) < 4.78 is 43.3. The number of aromatic nitrogens is 1. The normalized spacial score (nSPS) is 11.7. The van der Waals surface area contributed by atoms with Crippen molar-refractivity contribution in [1.29, 1.82) is 0 Å². The number of alkyl halides is 3. The third kappa shape index (κ3) is 3.82. The van der Waals surface area contributed by atoms with E-state index in [1.165, 1.54) is 12.1 Å². The van der Waals surface area contributed by atoms with E-state index in [4.69, 9.17) is 0 Å². The third-order valence-corrected chi connectivity index (χ3v) is 4.38. The first-order valence-corrected chi connectivity index (χ1v) is 8.48. The van der Waals surface area contributed by atoms with Crippen molar-refractivity contribution >= 4 is 10.9 Å². The SMILES string of the molecule is FC(F)(F)Oc1ccc(-c2cc3ccccc3n2Cc2ccccc2)cc1. The second-order valence-corrected chi connectivity index (χ2v) is 6.23. The Morgan fingerprint density at radius 1 is 0.778 bits per heavy atom. The molecule has 4 rings (SSSR count). The first-order chi connectivity index (χ1) is 13.0. The first-order valence-electron chi connectivity index (χ1n) is 8.48. The molecule has 0 aliphatic rings. The smallest absolute Gasteiger partial charge is 0.406 e. The summed E-state index contributed by atoms with van der Waals surface area (Å²) in [6, 6.07) is 26.1. The lowest BCUT2D eigenvalue weighted by molar-refractivity contribution is -0.274. The lowest BCUT2D eigenvalue weighted by Gasteiger charge is -2.13. The molecule has 136 valence electrons. The summed E-state index contributed by atoms with van der Waals surface area (Å²) in [6.07, 6.45) is -4.69. The standard InChI is InChI=1S/C22H16F3NO/c23-22(24,25)27-19-12-10-17(11-13-19)21-14-18-8-4-5-9-20(18)26(21)15-16-6-2-1-3-7-16/h1-14H,15H2. The predicted octanol–water partition coefficient (Wildman–Crippen LogP) is 6.26. The van der Waals surface area contributed by atoms with Crippen molar-refractivity contribution in [2.75, 3.05) is 0 Å². The molecule has 3 aromatic carbocycles. The van der Waals surface area contributed by atoms with Gasteiger partial charge in [0.15, 0.2) is 0 Å². The number of rotatable bonds is 4. The van der Waals surface area contributed by atoms with E-state index in [0.717, 1.165) is 27.7 Å². The van der Waals surface area contributed by atoms with Gasteiger partial charge in [0.1, 0.15) is 5.75 Å². The van der Waals surface area contributed by atoms with Crippen LogP contribution in [0.4, 0.5) is 13.2 Å². The molecular formula is C22H16F3NO. The minimum atomic E-state index is -4.69. The molecule has 5 heteroatoms. The molecule has 2 nitrogen and oxygen atoms in total. The van der Waals surface area contributed by atoms with Crippen molar-refractivity contribution in [3.8, 4) is 17.0 Å². The minimum absolute atomic E-state index is 0.225. The van der Waals surface area contributed by atoms with Gasteiger partial charge in [-0.1, -0.05) is 48.5 Å². The molecule has 1 aromatic heterocycles. The summed E-state index contributed by atoms with van der Waals surface area (Å²) in [5, 5.41) is 1.08. The third-order valence-electron chi connectivity index (χ3n) is 4.38. The summed E-state index contributed by atoms with van der Waals surface area (Å²) in [7, 11) is 0. The van der Waals surface area contributed by atoms with E-state index in [9.17, 15) is 13.2 Å². The molecule has 0 aliphatic heterocycles. The minimum Gasteiger partial charge on any atom is -0.406 e. The molecule has 0 radical (unpaired) electrons. The number of fused-ring (bicyclic) bond motifs is 1. The second kappa shape index (κ2) is 6.83. The summed E-state index contributed by atoms with van der Waals surface area (Å²) >= 11 is 0. The number of nitrogens with zero attached hydrogens (tertiary/aromatic N) is 1. The fraction of sp³-hybridized carbons (Fsp3) is 0.0909. The van der Waals surface area contributed by atoms with Gasteiger partial charge in [-0.05, 0) is 47.5 Å². The molecule has 0 bridgehead atoms. The van der Waals surface area contributed by atoms with Gasteiger partial charge in [0.25, 0.3) is 0 Å². The van der Waals surface area contributed by atoms with Gasteiger partial charge in [0.2, 0.25) is 0 Å². The second-order valence-electron chi connectivity index (χ2n) is 6.23. The van der Waals surface area contributed by atoms with Crippen LogP contribution in [-0.2, 0) is 6.54 Å². The molecule has 4 aromatic rings. The molecule has 0 fully saturated rings. The Morgan fingerprint density at radius 2 is 1.44 bits per heavy atom. The van der Waals surface area contributed by atoms with Crippen LogP contribution in [0.5, 0.6) is 5.75 Å². The van der Waals surface area contributed by atoms with Gasteiger partial charge < -0.3 is 9.30 Å². The summed E-state index contributed by atoms with van der Waals surface area (Å²) in [5.41, 5.74) is 4.00. The number of para-hydroxylation sites is 1. The van der Waals surface area contributed by atoms with Gasteiger partial charge in [-0.25, -0.2) is 0 Å². The summed E-state index contributed by atoms with van der Waals surface area (Å²) in [6.45, 7) is 0.671. The Labute approximate surface area is 154 Å². The molecule has 0 saturated heterocycles. The van der Waals surface area contributed by atoms with Gasteiger partial charge in [-0.2, -0.15) is 0 Å². The van der Waals surface area contributed by atoms with E-state index in [1.54, 1.807) is 12.1 Å². The molecule has 0 amide bonds. The van der Waals surface area contributed by atoms with Crippen LogP contribution < -0.4 is 4.74 Å². The van der Waals surface area contributed by atoms with Crippen molar-refractivity contribution in [1.82, 2.24) is 4.57 Å². The van der Waals surface area contributed by atoms with Crippen molar-refractivity contribution in [2.45, 2.75) is 12.9 Å². The number of hydrogen-bond donors (Lipinski definition) is 0. The summed E-state index contributed by atoms with van der Waals surface area (Å²) in [4.78, 5) is 0. The highest BCUT2D eigenvalue weighted by Gasteiger charge is 2.31. The van der Waals surface area contributed by atoms with E-state index in [2.05, 4.69) is 27.5 Å². The number of hydrogen-bond acceptors (Lipinski definition) is 1. The number of halogens is 3. The molecule has 0 atom stereocenters. The lowest BCUT2D eigenvalue weighted by Crippen LogP contribution is -2.16. The monoisotopic (exact) mass is 367 g/mol. The fourth-order valence-corrected chi connectivity index (χ4v) is 3.21. The van der Waals surface area contributed by atoms with E-state index < -0.39 is 6.36 Å². The van der Waals surface area contributed by atoms with Crippen LogP contribution in [0.25, 0.3) is 22.2 Å². The van der Waals surface area contributed by atoms with Crippen molar-refractivity contribution in [2.24, 2.45) is 0 Å². The summed E-state index contributed by atoms with van der Waals surface area (Å²) in [5.74, 6) is -0.225. The fourth-order valence-electron chi connectivity index (χ4n) is 3.21. The topological polar surface area (TPSA) is 14.2 Å². The van der Waals surface area contributed by atoms with Crippen LogP contribution in [0.1, 0.15) is 5.56 Å². The van der Waals surface area contributed by atoms with E-state index in [1.807, 2.05) is 42.5 Å². The van der Waals surface area contributed by atoms with Crippen LogP contribution in [0.3, 0.4) is 0 Å². The molecule has 27 heavy (non-hydrogen) atoms. The molecule has 1 heterocycles. The quantitative estimate of drug-likeness (QED) is 0.415. The maximum absolute atomic E-state index is 12.4. The Bertz CT molecular complexity index is 1050. The highest BCUT2D eigenvalue weighted by atomic mass is 19.4. The highest BCUT2D eigenvalue weighted by Crippen LogP contribution is 2.31. The Kier molecular flexibility index (Phi) is 4.36. The van der Waals surface area contributed by atoms with Gasteiger partial charge in [0, 0.05) is 23.1 Å².